The van der Waals surface area contributed by atoms with Crippen LogP contribution in [-0.2, 0) is 4.74 Å². The molecule has 94 valence electrons. The molecule has 17 heavy (non-hydrogen) atoms. The van der Waals surface area contributed by atoms with Gasteiger partial charge < -0.3 is 10.1 Å². The number of ether oxygens (including phenoxy) is 1. The summed E-state index contributed by atoms with van der Waals surface area (Å²) in [6, 6.07) is 1.78. The smallest absolute Gasteiger partial charge is 0.261 e. The highest BCUT2D eigenvalue weighted by molar-refractivity contribution is 7.80. The van der Waals surface area contributed by atoms with Gasteiger partial charge in [-0.05, 0) is 18.9 Å². The first-order valence-corrected chi connectivity index (χ1v) is 7.25. The van der Waals surface area contributed by atoms with Gasteiger partial charge in [0.2, 0.25) is 0 Å². The van der Waals surface area contributed by atoms with Crippen molar-refractivity contribution in [1.82, 2.24) is 5.32 Å². The molecule has 0 aromatic carbocycles. The average Bonchev–Trinajstić information content (AvgIpc) is 2.95. The minimum absolute atomic E-state index is 0.0367. The molecule has 2 rings (SSSR count). The van der Waals surface area contributed by atoms with E-state index in [-0.39, 0.29) is 5.91 Å². The van der Waals surface area contributed by atoms with E-state index in [4.69, 9.17) is 4.74 Å². The second-order valence-electron chi connectivity index (χ2n) is 4.20. The Labute approximate surface area is 111 Å². The van der Waals surface area contributed by atoms with Gasteiger partial charge in [-0.1, -0.05) is 12.8 Å². The molecule has 1 heterocycles. The van der Waals surface area contributed by atoms with Gasteiger partial charge in [0.1, 0.15) is 0 Å². The summed E-state index contributed by atoms with van der Waals surface area (Å²) in [7, 11) is 0. The molecule has 0 bridgehead atoms. The van der Waals surface area contributed by atoms with E-state index < -0.39 is 0 Å². The summed E-state index contributed by atoms with van der Waals surface area (Å²) in [5.74, 6) is -0.0367. The van der Waals surface area contributed by atoms with Gasteiger partial charge in [-0.3, -0.25) is 4.79 Å². The zero-order valence-corrected chi connectivity index (χ0v) is 11.4. The van der Waals surface area contributed by atoms with E-state index in [0.29, 0.717) is 24.1 Å². The summed E-state index contributed by atoms with van der Waals surface area (Å²) in [5.41, 5.74) is 0. The van der Waals surface area contributed by atoms with Crippen LogP contribution in [0.3, 0.4) is 0 Å². The molecule has 5 heteroatoms. The largest absolute Gasteiger partial charge is 0.376 e. The van der Waals surface area contributed by atoms with E-state index in [0.717, 1.165) is 4.90 Å². The number of nitrogens with one attached hydrogen (secondary N) is 1. The monoisotopic (exact) mass is 271 g/mol. The summed E-state index contributed by atoms with van der Waals surface area (Å²) in [4.78, 5) is 13.2. The first-order chi connectivity index (χ1) is 8.25. The molecule has 1 N–H and O–H groups in total. The van der Waals surface area contributed by atoms with Crippen molar-refractivity contribution in [2.75, 3.05) is 13.2 Å². The Kier molecular flexibility index (Phi) is 4.88. The fraction of sp³-hybridized carbons (Fsp3) is 0.583. The molecule has 0 spiro atoms. The predicted molar refractivity (Wildman–Crippen MR) is 72.1 cm³/mol. The van der Waals surface area contributed by atoms with Crippen molar-refractivity contribution < 1.29 is 9.53 Å². The van der Waals surface area contributed by atoms with Crippen LogP contribution in [0.4, 0.5) is 0 Å². The number of thiol groups is 1. The van der Waals surface area contributed by atoms with Gasteiger partial charge in [0, 0.05) is 16.8 Å². The Bertz CT molecular complexity index is 372. The Morgan fingerprint density at radius 3 is 2.94 bits per heavy atom. The fourth-order valence-electron chi connectivity index (χ4n) is 1.98. The van der Waals surface area contributed by atoms with Crippen molar-refractivity contribution in [3.8, 4) is 0 Å². The lowest BCUT2D eigenvalue weighted by molar-refractivity contribution is 0.0582. The van der Waals surface area contributed by atoms with Gasteiger partial charge in [-0.25, -0.2) is 0 Å². The molecule has 1 aliphatic carbocycles. The second kappa shape index (κ2) is 6.42. The van der Waals surface area contributed by atoms with Crippen LogP contribution in [-0.4, -0.2) is 25.2 Å². The molecular formula is C12H17NO2S2. The van der Waals surface area contributed by atoms with Crippen molar-refractivity contribution in [1.29, 1.82) is 0 Å². The highest BCUT2D eigenvalue weighted by atomic mass is 32.1. The fourth-order valence-corrected chi connectivity index (χ4v) is 3.04. The predicted octanol–water partition coefficient (Wildman–Crippen LogP) is 2.73. The number of hydrogen-bond acceptors (Lipinski definition) is 4. The van der Waals surface area contributed by atoms with Crippen LogP contribution < -0.4 is 5.32 Å². The maximum absolute atomic E-state index is 11.7. The van der Waals surface area contributed by atoms with Crippen LogP contribution in [0, 0.1) is 0 Å². The van der Waals surface area contributed by atoms with Crippen LogP contribution in [0.25, 0.3) is 0 Å². The zero-order valence-electron chi connectivity index (χ0n) is 9.65. The molecule has 1 amide bonds. The van der Waals surface area contributed by atoms with Crippen LogP contribution in [0.1, 0.15) is 35.4 Å². The third kappa shape index (κ3) is 4.01. The molecule has 1 saturated carbocycles. The van der Waals surface area contributed by atoms with Crippen LogP contribution in [0.15, 0.2) is 16.3 Å². The Morgan fingerprint density at radius 2 is 2.29 bits per heavy atom. The first kappa shape index (κ1) is 12.9. The molecule has 1 aromatic heterocycles. The van der Waals surface area contributed by atoms with Gasteiger partial charge >= 0.3 is 0 Å². The molecule has 0 saturated heterocycles. The molecule has 0 aliphatic heterocycles. The van der Waals surface area contributed by atoms with Crippen molar-refractivity contribution in [2.45, 2.75) is 36.7 Å². The lowest BCUT2D eigenvalue weighted by atomic mass is 10.3. The zero-order chi connectivity index (χ0) is 12.1. The summed E-state index contributed by atoms with van der Waals surface area (Å²) in [5, 5.41) is 4.70. The summed E-state index contributed by atoms with van der Waals surface area (Å²) < 4.78 is 5.67. The molecule has 0 radical (unpaired) electrons. The normalized spacial score (nSPS) is 16.3. The molecule has 3 nitrogen and oxygen atoms in total. The second-order valence-corrected chi connectivity index (χ2v) is 5.63. The maximum atomic E-state index is 11.7. The summed E-state index contributed by atoms with van der Waals surface area (Å²) >= 11 is 5.59. The number of carbonyl (C=O) groups excluding carboxylic acids is 1. The minimum atomic E-state index is -0.0367. The standard InChI is InChI=1S/C12H17NO2S2/c14-12(11-7-10(16)8-17-11)13-5-6-15-9-3-1-2-4-9/h7-9,16H,1-6H2,(H,13,14). The lowest BCUT2D eigenvalue weighted by Crippen LogP contribution is -2.27. The average molecular weight is 271 g/mol. The van der Waals surface area contributed by atoms with Crippen LogP contribution in [0.2, 0.25) is 0 Å². The van der Waals surface area contributed by atoms with Gasteiger partial charge in [0.05, 0.1) is 17.6 Å². The summed E-state index contributed by atoms with van der Waals surface area (Å²) in [6.07, 6.45) is 5.30. The van der Waals surface area contributed by atoms with E-state index in [1.165, 1.54) is 37.0 Å². The van der Waals surface area contributed by atoms with Gasteiger partial charge in [0.15, 0.2) is 0 Å². The van der Waals surface area contributed by atoms with Crippen molar-refractivity contribution >= 4 is 29.9 Å². The first-order valence-electron chi connectivity index (χ1n) is 5.93. The molecule has 0 atom stereocenters. The third-order valence-corrected chi connectivity index (χ3v) is 4.21. The van der Waals surface area contributed by atoms with E-state index in [2.05, 4.69) is 17.9 Å². The van der Waals surface area contributed by atoms with Gasteiger partial charge in [-0.15, -0.1) is 24.0 Å². The van der Waals surface area contributed by atoms with Gasteiger partial charge in [-0.2, -0.15) is 0 Å². The lowest BCUT2D eigenvalue weighted by Gasteiger charge is -2.11. The van der Waals surface area contributed by atoms with Crippen LogP contribution >= 0.6 is 24.0 Å². The molecule has 1 fully saturated rings. The Hall–Kier alpha value is -0.520. The molecule has 1 aliphatic rings. The number of carbonyl (C=O) groups is 1. The van der Waals surface area contributed by atoms with Gasteiger partial charge in [0.25, 0.3) is 5.91 Å². The van der Waals surface area contributed by atoms with Crippen molar-refractivity contribution in [2.24, 2.45) is 0 Å². The maximum Gasteiger partial charge on any atom is 0.261 e. The number of thiophene rings is 1. The molecule has 0 unspecified atom stereocenters. The molecule has 1 aromatic rings. The molecular weight excluding hydrogens is 254 g/mol. The highest BCUT2D eigenvalue weighted by Gasteiger charge is 2.15. The SMILES string of the molecule is O=C(NCCOC1CCCC1)c1cc(S)cs1. The highest BCUT2D eigenvalue weighted by Crippen LogP contribution is 2.20. The van der Waals surface area contributed by atoms with E-state index in [1.54, 1.807) is 6.07 Å². The van der Waals surface area contributed by atoms with E-state index in [9.17, 15) is 4.79 Å². The number of hydrogen-bond donors (Lipinski definition) is 2. The number of rotatable bonds is 5. The van der Waals surface area contributed by atoms with E-state index >= 15 is 0 Å². The summed E-state index contributed by atoms with van der Waals surface area (Å²) in [6.45, 7) is 1.19. The Balaban J connectivity index is 1.63. The van der Waals surface area contributed by atoms with Crippen molar-refractivity contribution in [3.63, 3.8) is 0 Å². The topological polar surface area (TPSA) is 38.3 Å². The van der Waals surface area contributed by atoms with Crippen molar-refractivity contribution in [3.05, 3.63) is 16.3 Å². The van der Waals surface area contributed by atoms with Crippen LogP contribution in [0.5, 0.6) is 0 Å². The number of amides is 1. The Morgan fingerprint density at radius 1 is 1.53 bits per heavy atom. The minimum Gasteiger partial charge on any atom is -0.376 e. The quantitative estimate of drug-likeness (QED) is 0.638. The van der Waals surface area contributed by atoms with E-state index in [1.807, 2.05) is 5.38 Å². The third-order valence-electron chi connectivity index (χ3n) is 2.85.